The standard InChI is InChI=1S/C68H129N/c1-7-13-19-25-31-34-40-44-51-62(50-43-37-28-22-16-10-4)58-66-61-65(56-49-57-69)67(59-63(52-45-38-29-23-17-11-5)53-47-41-35-32-26-20-14-8-2)68(66)60-64(54-46-39-30-24-18-12-6)55-48-42-36-33-27-21-15-9-3/h62-64H,7-56,58-61H2,1-6H3. The minimum Gasteiger partial charge on any atom is -0.198 e. The summed E-state index contributed by atoms with van der Waals surface area (Å²) < 4.78 is 0. The van der Waals surface area contributed by atoms with Crippen LogP contribution < -0.4 is 0 Å². The maximum atomic E-state index is 10.1. The van der Waals surface area contributed by atoms with Gasteiger partial charge in [0.25, 0.3) is 0 Å². The van der Waals surface area contributed by atoms with Gasteiger partial charge in [-0.2, -0.15) is 5.26 Å². The SMILES string of the molecule is CCCCCCCCCCC(CCCCCCCC)CC1=C(CC(CCCCCCCC)CCCCCCCCCC)C(CC(CCCCCCCC)CCCCCCCCCC)=C(CCC#N)C1. The maximum Gasteiger partial charge on any atom is 0.0625 e. The Bertz CT molecular complexity index is 1170. The number of hydrogen-bond donors (Lipinski definition) is 0. The Morgan fingerprint density at radius 2 is 0.507 bits per heavy atom. The predicted octanol–water partition coefficient (Wildman–Crippen LogP) is 25.2. The number of rotatable bonds is 56. The van der Waals surface area contributed by atoms with Crippen LogP contribution in [0.5, 0.6) is 0 Å². The van der Waals surface area contributed by atoms with E-state index in [1.165, 1.54) is 334 Å². The Balaban J connectivity index is 3.59. The van der Waals surface area contributed by atoms with Gasteiger partial charge in [0.2, 0.25) is 0 Å². The fourth-order valence-electron chi connectivity index (χ4n) is 12.4. The van der Waals surface area contributed by atoms with Crippen LogP contribution in [0.3, 0.4) is 0 Å². The number of hydrogen-bond acceptors (Lipinski definition) is 1. The summed E-state index contributed by atoms with van der Waals surface area (Å²) >= 11 is 0. The van der Waals surface area contributed by atoms with Gasteiger partial charge in [-0.25, -0.2) is 0 Å². The fourth-order valence-corrected chi connectivity index (χ4v) is 12.4. The first-order valence-corrected chi connectivity index (χ1v) is 32.9. The molecule has 1 aliphatic carbocycles. The van der Waals surface area contributed by atoms with Crippen LogP contribution in [0, 0.1) is 29.1 Å². The first-order valence-electron chi connectivity index (χ1n) is 32.9. The highest BCUT2D eigenvalue weighted by Gasteiger charge is 2.29. The molecule has 0 fully saturated rings. The van der Waals surface area contributed by atoms with Crippen molar-refractivity contribution in [3.8, 4) is 6.07 Å². The first-order chi connectivity index (χ1) is 34.1. The summed E-state index contributed by atoms with van der Waals surface area (Å²) in [4.78, 5) is 0. The topological polar surface area (TPSA) is 23.8 Å². The van der Waals surface area contributed by atoms with Crippen LogP contribution in [0.25, 0.3) is 0 Å². The van der Waals surface area contributed by atoms with Crippen LogP contribution in [0.4, 0.5) is 0 Å². The Morgan fingerprint density at radius 3 is 0.754 bits per heavy atom. The van der Waals surface area contributed by atoms with Crippen molar-refractivity contribution in [2.24, 2.45) is 17.8 Å². The van der Waals surface area contributed by atoms with Crippen LogP contribution in [-0.4, -0.2) is 0 Å². The van der Waals surface area contributed by atoms with Crippen molar-refractivity contribution in [1.82, 2.24) is 0 Å². The molecule has 3 atom stereocenters. The summed E-state index contributed by atoms with van der Waals surface area (Å²) in [5, 5.41) is 10.1. The molecule has 406 valence electrons. The lowest BCUT2D eigenvalue weighted by Crippen LogP contribution is -2.10. The Hall–Kier alpha value is -1.03. The summed E-state index contributed by atoms with van der Waals surface area (Å²) in [6, 6.07) is 2.66. The average molecular weight is 961 g/mol. The van der Waals surface area contributed by atoms with Crippen LogP contribution in [0.1, 0.15) is 388 Å². The lowest BCUT2D eigenvalue weighted by atomic mass is 9.80. The second-order valence-electron chi connectivity index (χ2n) is 23.7. The Morgan fingerprint density at radius 1 is 0.290 bits per heavy atom. The lowest BCUT2D eigenvalue weighted by molar-refractivity contribution is 0.383. The molecular weight excluding hydrogens is 831 g/mol. The van der Waals surface area contributed by atoms with E-state index >= 15 is 0 Å². The summed E-state index contributed by atoms with van der Waals surface area (Å²) in [6.45, 7) is 14.1. The van der Waals surface area contributed by atoms with E-state index in [1.807, 2.05) is 16.7 Å². The van der Waals surface area contributed by atoms with Crippen LogP contribution in [-0.2, 0) is 0 Å². The zero-order valence-corrected chi connectivity index (χ0v) is 48.9. The molecule has 1 rings (SSSR count). The highest BCUT2D eigenvalue weighted by atomic mass is 14.3. The number of unbranched alkanes of at least 4 members (excludes halogenated alkanes) is 36. The predicted molar refractivity (Wildman–Crippen MR) is 313 cm³/mol. The van der Waals surface area contributed by atoms with Gasteiger partial charge >= 0.3 is 0 Å². The third-order valence-corrected chi connectivity index (χ3v) is 17.0. The molecule has 0 bridgehead atoms. The van der Waals surface area contributed by atoms with E-state index in [2.05, 4.69) is 47.6 Å². The van der Waals surface area contributed by atoms with Gasteiger partial charge in [0.15, 0.2) is 0 Å². The number of nitriles is 1. The van der Waals surface area contributed by atoms with Crippen LogP contribution >= 0.6 is 0 Å². The monoisotopic (exact) mass is 960 g/mol. The summed E-state index contributed by atoms with van der Waals surface area (Å²) in [6.07, 6.45) is 75.4. The summed E-state index contributed by atoms with van der Waals surface area (Å²) in [5.74, 6) is 2.50. The van der Waals surface area contributed by atoms with Gasteiger partial charge in [0, 0.05) is 6.42 Å². The van der Waals surface area contributed by atoms with Crippen molar-refractivity contribution in [3.05, 3.63) is 22.3 Å². The average Bonchev–Trinajstić information content (AvgIpc) is 3.66. The normalized spacial score (nSPS) is 14.3. The molecule has 0 aromatic rings. The van der Waals surface area contributed by atoms with Crippen molar-refractivity contribution in [2.75, 3.05) is 0 Å². The second kappa shape index (κ2) is 51.9. The molecule has 0 saturated heterocycles. The molecule has 0 amide bonds. The molecule has 1 heteroatoms. The largest absolute Gasteiger partial charge is 0.198 e. The third kappa shape index (κ3) is 39.2. The van der Waals surface area contributed by atoms with E-state index in [9.17, 15) is 5.26 Å². The molecule has 0 aromatic heterocycles. The van der Waals surface area contributed by atoms with Gasteiger partial charge in [0.05, 0.1) is 6.07 Å². The molecule has 0 aliphatic heterocycles. The lowest BCUT2D eigenvalue weighted by Gasteiger charge is -2.25. The van der Waals surface area contributed by atoms with Crippen LogP contribution in [0.2, 0.25) is 0 Å². The quantitative estimate of drug-likeness (QED) is 0.0557. The first kappa shape index (κ1) is 66.0. The van der Waals surface area contributed by atoms with Gasteiger partial charge in [-0.15, -0.1) is 0 Å². The molecule has 0 aromatic carbocycles. The van der Waals surface area contributed by atoms with Gasteiger partial charge in [-0.3, -0.25) is 0 Å². The van der Waals surface area contributed by atoms with Crippen molar-refractivity contribution in [2.45, 2.75) is 388 Å². The Kier molecular flexibility index (Phi) is 49.6. The van der Waals surface area contributed by atoms with E-state index < -0.39 is 0 Å². The van der Waals surface area contributed by atoms with Gasteiger partial charge < -0.3 is 0 Å². The Labute approximate surface area is 437 Å². The third-order valence-electron chi connectivity index (χ3n) is 17.0. The molecule has 69 heavy (non-hydrogen) atoms. The summed E-state index contributed by atoms with van der Waals surface area (Å²) in [7, 11) is 0. The zero-order valence-electron chi connectivity index (χ0n) is 48.9. The smallest absolute Gasteiger partial charge is 0.0625 e. The van der Waals surface area contributed by atoms with Gasteiger partial charge in [-0.05, 0) is 61.0 Å². The van der Waals surface area contributed by atoms with Gasteiger partial charge in [-0.1, -0.05) is 361 Å². The number of allylic oxidation sites excluding steroid dienone is 4. The number of nitrogens with zero attached hydrogens (tertiary/aromatic N) is 1. The highest BCUT2D eigenvalue weighted by molar-refractivity contribution is 5.48. The van der Waals surface area contributed by atoms with E-state index in [0.717, 1.165) is 24.2 Å². The molecule has 1 aliphatic rings. The van der Waals surface area contributed by atoms with Crippen molar-refractivity contribution >= 4 is 0 Å². The minimum atomic E-state index is 0.707. The minimum absolute atomic E-state index is 0.707. The molecule has 0 radical (unpaired) electrons. The van der Waals surface area contributed by atoms with Crippen LogP contribution in [0.15, 0.2) is 22.3 Å². The van der Waals surface area contributed by atoms with E-state index in [-0.39, 0.29) is 0 Å². The van der Waals surface area contributed by atoms with Gasteiger partial charge in [0.1, 0.15) is 0 Å². The molecule has 3 unspecified atom stereocenters. The fraction of sp³-hybridized carbons (Fsp3) is 0.926. The molecule has 0 saturated carbocycles. The molecule has 1 nitrogen and oxygen atoms in total. The van der Waals surface area contributed by atoms with Crippen molar-refractivity contribution in [3.63, 3.8) is 0 Å². The highest BCUT2D eigenvalue weighted by Crippen LogP contribution is 2.46. The molecule has 0 spiro atoms. The van der Waals surface area contributed by atoms with E-state index in [0.29, 0.717) is 6.42 Å². The van der Waals surface area contributed by atoms with E-state index in [4.69, 9.17) is 0 Å². The molecular formula is C68H129N. The zero-order chi connectivity index (χ0) is 49.9. The second-order valence-corrected chi connectivity index (χ2v) is 23.7. The molecule has 0 heterocycles. The summed E-state index contributed by atoms with van der Waals surface area (Å²) in [5.41, 5.74) is 7.36. The van der Waals surface area contributed by atoms with E-state index in [1.54, 1.807) is 5.57 Å². The van der Waals surface area contributed by atoms with Crippen molar-refractivity contribution < 1.29 is 0 Å². The van der Waals surface area contributed by atoms with Crippen molar-refractivity contribution in [1.29, 1.82) is 5.26 Å². The molecule has 0 N–H and O–H groups in total. The maximum absolute atomic E-state index is 10.1.